The summed E-state index contributed by atoms with van der Waals surface area (Å²) in [5.74, 6) is 0.0215. The molecule has 13 heavy (non-hydrogen) atoms. The summed E-state index contributed by atoms with van der Waals surface area (Å²) in [5.41, 5.74) is 0. The highest BCUT2D eigenvalue weighted by Gasteiger charge is 2.26. The predicted molar refractivity (Wildman–Crippen MR) is 55.0 cm³/mol. The molecule has 0 radical (unpaired) electrons. The molecule has 76 valence electrons. The molecule has 0 aromatic rings. The van der Waals surface area contributed by atoms with Crippen molar-refractivity contribution in [1.29, 1.82) is 0 Å². The number of ether oxygens (including phenoxy) is 1. The SMILES string of the molecule is CCC(S)C(=O)NC1CCOC1C. The predicted octanol–water partition coefficient (Wildman–Crippen LogP) is 0.988. The molecule has 1 amide bonds. The second-order valence-corrected chi connectivity index (χ2v) is 4.03. The maximum Gasteiger partial charge on any atom is 0.233 e. The minimum Gasteiger partial charge on any atom is -0.376 e. The first-order chi connectivity index (χ1) is 6.15. The van der Waals surface area contributed by atoms with Crippen LogP contribution in [0.4, 0.5) is 0 Å². The molecule has 1 aliphatic rings. The molecule has 0 aromatic heterocycles. The fraction of sp³-hybridized carbons (Fsp3) is 0.889. The van der Waals surface area contributed by atoms with Crippen molar-refractivity contribution in [2.45, 2.75) is 44.1 Å². The van der Waals surface area contributed by atoms with Crippen molar-refractivity contribution in [2.75, 3.05) is 6.61 Å². The Bertz CT molecular complexity index is 186. The lowest BCUT2D eigenvalue weighted by Crippen LogP contribution is -2.42. The summed E-state index contributed by atoms with van der Waals surface area (Å²) in [6.45, 7) is 4.68. The van der Waals surface area contributed by atoms with Gasteiger partial charge in [-0.05, 0) is 19.8 Å². The molecule has 3 nitrogen and oxygen atoms in total. The molecule has 3 atom stereocenters. The second kappa shape index (κ2) is 4.86. The summed E-state index contributed by atoms with van der Waals surface area (Å²) >= 11 is 4.17. The van der Waals surface area contributed by atoms with E-state index in [9.17, 15) is 4.79 Å². The van der Waals surface area contributed by atoms with Crippen LogP contribution >= 0.6 is 12.6 Å². The van der Waals surface area contributed by atoms with Crippen molar-refractivity contribution in [3.63, 3.8) is 0 Å². The third-order valence-electron chi connectivity index (χ3n) is 2.39. The number of hydrogen-bond donors (Lipinski definition) is 2. The summed E-state index contributed by atoms with van der Waals surface area (Å²) in [4.78, 5) is 11.4. The number of hydrogen-bond acceptors (Lipinski definition) is 3. The summed E-state index contributed by atoms with van der Waals surface area (Å²) in [6.07, 6.45) is 1.81. The first kappa shape index (κ1) is 10.9. The van der Waals surface area contributed by atoms with E-state index in [0.717, 1.165) is 19.4 Å². The molecule has 1 rings (SSSR count). The largest absolute Gasteiger partial charge is 0.376 e. The van der Waals surface area contributed by atoms with E-state index in [1.54, 1.807) is 0 Å². The number of rotatable bonds is 3. The van der Waals surface area contributed by atoms with Gasteiger partial charge in [0.2, 0.25) is 5.91 Å². The van der Waals surface area contributed by atoms with Gasteiger partial charge in [-0.25, -0.2) is 0 Å². The van der Waals surface area contributed by atoms with Crippen LogP contribution in [0.3, 0.4) is 0 Å². The summed E-state index contributed by atoms with van der Waals surface area (Å²) in [5, 5.41) is 2.75. The first-order valence-corrected chi connectivity index (χ1v) is 5.26. The third kappa shape index (κ3) is 2.88. The average Bonchev–Trinajstić information content (AvgIpc) is 2.50. The molecule has 0 saturated carbocycles. The van der Waals surface area contributed by atoms with Crippen LogP contribution in [-0.4, -0.2) is 29.9 Å². The molecule has 0 aliphatic carbocycles. The Morgan fingerprint density at radius 3 is 2.92 bits per heavy atom. The molecule has 1 heterocycles. The highest BCUT2D eigenvalue weighted by Crippen LogP contribution is 2.13. The van der Waals surface area contributed by atoms with Gasteiger partial charge in [0.25, 0.3) is 0 Å². The van der Waals surface area contributed by atoms with Gasteiger partial charge in [0, 0.05) is 6.61 Å². The van der Waals surface area contributed by atoms with Crippen LogP contribution in [0.25, 0.3) is 0 Å². The van der Waals surface area contributed by atoms with Crippen molar-refractivity contribution in [2.24, 2.45) is 0 Å². The van der Waals surface area contributed by atoms with Gasteiger partial charge in [-0.3, -0.25) is 4.79 Å². The number of thiol groups is 1. The van der Waals surface area contributed by atoms with Gasteiger partial charge in [-0.1, -0.05) is 6.92 Å². The fourth-order valence-electron chi connectivity index (χ4n) is 1.39. The second-order valence-electron chi connectivity index (χ2n) is 3.40. The van der Waals surface area contributed by atoms with E-state index in [4.69, 9.17) is 4.74 Å². The van der Waals surface area contributed by atoms with Crippen LogP contribution in [0.2, 0.25) is 0 Å². The summed E-state index contributed by atoms with van der Waals surface area (Å²) in [6, 6.07) is 0.175. The smallest absolute Gasteiger partial charge is 0.233 e. The van der Waals surface area contributed by atoms with Crippen molar-refractivity contribution >= 4 is 18.5 Å². The Kier molecular flexibility index (Phi) is 4.06. The van der Waals surface area contributed by atoms with Gasteiger partial charge in [-0.2, -0.15) is 12.6 Å². The molecule has 1 saturated heterocycles. The summed E-state index contributed by atoms with van der Waals surface area (Å²) in [7, 11) is 0. The maximum atomic E-state index is 11.4. The molecule has 4 heteroatoms. The molecule has 0 aromatic carbocycles. The van der Waals surface area contributed by atoms with E-state index >= 15 is 0 Å². The highest BCUT2D eigenvalue weighted by atomic mass is 32.1. The molecule has 1 N–H and O–H groups in total. The van der Waals surface area contributed by atoms with Crippen molar-refractivity contribution in [3.8, 4) is 0 Å². The average molecular weight is 203 g/mol. The number of amides is 1. The zero-order valence-electron chi connectivity index (χ0n) is 8.12. The Hall–Kier alpha value is -0.220. The van der Waals surface area contributed by atoms with E-state index in [1.807, 2.05) is 13.8 Å². The monoisotopic (exact) mass is 203 g/mol. The van der Waals surface area contributed by atoms with Gasteiger partial charge in [-0.15, -0.1) is 0 Å². The standard InChI is InChI=1S/C9H17NO2S/c1-3-8(13)9(11)10-7-4-5-12-6(7)2/h6-8,13H,3-5H2,1-2H3,(H,10,11). The Balaban J connectivity index is 2.35. The van der Waals surface area contributed by atoms with Crippen LogP contribution in [0.15, 0.2) is 0 Å². The first-order valence-electron chi connectivity index (χ1n) is 4.75. The van der Waals surface area contributed by atoms with E-state index in [-0.39, 0.29) is 23.3 Å². The van der Waals surface area contributed by atoms with Crippen LogP contribution in [-0.2, 0) is 9.53 Å². The van der Waals surface area contributed by atoms with Crippen molar-refractivity contribution < 1.29 is 9.53 Å². The van der Waals surface area contributed by atoms with E-state index < -0.39 is 0 Å². The van der Waals surface area contributed by atoms with Gasteiger partial charge in [0.05, 0.1) is 17.4 Å². The molecular formula is C9H17NO2S. The third-order valence-corrected chi connectivity index (χ3v) is 2.99. The molecule has 0 spiro atoms. The molecular weight excluding hydrogens is 186 g/mol. The zero-order chi connectivity index (χ0) is 9.84. The Morgan fingerprint density at radius 1 is 1.77 bits per heavy atom. The van der Waals surface area contributed by atoms with Crippen LogP contribution in [0.5, 0.6) is 0 Å². The van der Waals surface area contributed by atoms with Crippen LogP contribution in [0, 0.1) is 0 Å². The van der Waals surface area contributed by atoms with E-state index in [0.29, 0.717) is 0 Å². The van der Waals surface area contributed by atoms with Gasteiger partial charge in [0.1, 0.15) is 0 Å². The molecule has 1 fully saturated rings. The minimum absolute atomic E-state index is 0.0215. The van der Waals surface area contributed by atoms with Gasteiger partial charge >= 0.3 is 0 Å². The molecule has 0 bridgehead atoms. The maximum absolute atomic E-state index is 11.4. The summed E-state index contributed by atoms with van der Waals surface area (Å²) < 4.78 is 5.34. The van der Waals surface area contributed by atoms with Crippen LogP contribution < -0.4 is 5.32 Å². The lowest BCUT2D eigenvalue weighted by atomic mass is 10.1. The fourth-order valence-corrected chi connectivity index (χ4v) is 1.46. The minimum atomic E-state index is -0.187. The normalized spacial score (nSPS) is 30.1. The number of carbonyl (C=O) groups excluding carboxylic acids is 1. The zero-order valence-corrected chi connectivity index (χ0v) is 9.01. The van der Waals surface area contributed by atoms with E-state index in [2.05, 4.69) is 17.9 Å². The molecule has 1 aliphatic heterocycles. The highest BCUT2D eigenvalue weighted by molar-refractivity contribution is 7.81. The topological polar surface area (TPSA) is 38.3 Å². The van der Waals surface area contributed by atoms with Gasteiger partial charge in [0.15, 0.2) is 0 Å². The van der Waals surface area contributed by atoms with Crippen molar-refractivity contribution in [3.05, 3.63) is 0 Å². The van der Waals surface area contributed by atoms with E-state index in [1.165, 1.54) is 0 Å². The lowest BCUT2D eigenvalue weighted by Gasteiger charge is -2.17. The van der Waals surface area contributed by atoms with Gasteiger partial charge < -0.3 is 10.1 Å². The van der Waals surface area contributed by atoms with Crippen molar-refractivity contribution in [1.82, 2.24) is 5.32 Å². The van der Waals surface area contributed by atoms with Crippen LogP contribution in [0.1, 0.15) is 26.7 Å². The quantitative estimate of drug-likeness (QED) is 0.671. The Labute approximate surface area is 84.6 Å². The lowest BCUT2D eigenvalue weighted by molar-refractivity contribution is -0.121. The Morgan fingerprint density at radius 2 is 2.46 bits per heavy atom. The number of nitrogens with one attached hydrogen (secondary N) is 1. The molecule has 3 unspecified atom stereocenters. The number of carbonyl (C=O) groups is 1.